The Morgan fingerprint density at radius 3 is 1.69 bits per heavy atom. The van der Waals surface area contributed by atoms with E-state index in [0.717, 1.165) is 0 Å². The van der Waals surface area contributed by atoms with Crippen molar-refractivity contribution in [2.24, 2.45) is 5.41 Å². The minimum atomic E-state index is 0.693. The lowest BCUT2D eigenvalue weighted by Gasteiger charge is -2.33. The van der Waals surface area contributed by atoms with Gasteiger partial charge in [-0.3, -0.25) is 0 Å². The van der Waals surface area contributed by atoms with Crippen molar-refractivity contribution < 1.29 is 0 Å². The molecule has 0 rings (SSSR count). The van der Waals surface area contributed by atoms with Crippen LogP contribution in [-0.4, -0.2) is 0 Å². The van der Waals surface area contributed by atoms with Crippen LogP contribution in [0.4, 0.5) is 0 Å². The molecule has 0 amide bonds. The highest BCUT2D eigenvalue weighted by molar-refractivity contribution is 4.77. The van der Waals surface area contributed by atoms with E-state index < -0.39 is 0 Å². The summed E-state index contributed by atoms with van der Waals surface area (Å²) in [6, 6.07) is 0. The second-order valence-corrected chi connectivity index (χ2v) is 5.52. The lowest BCUT2D eigenvalue weighted by molar-refractivity contribution is 0.193. The Morgan fingerprint density at radius 1 is 0.562 bits per heavy atom. The van der Waals surface area contributed by atoms with Gasteiger partial charge in [-0.05, 0) is 24.7 Å². The molecule has 0 aliphatic heterocycles. The zero-order valence-electron chi connectivity index (χ0n) is 12.3. The van der Waals surface area contributed by atoms with Gasteiger partial charge in [-0.15, -0.1) is 0 Å². The largest absolute Gasteiger partial charge is 0.0654 e. The fourth-order valence-electron chi connectivity index (χ4n) is 2.91. The van der Waals surface area contributed by atoms with Crippen molar-refractivity contribution in [1.82, 2.24) is 0 Å². The molecule has 0 aliphatic rings. The molecule has 0 nitrogen and oxygen atoms in total. The first-order valence-electron chi connectivity index (χ1n) is 7.74. The zero-order valence-corrected chi connectivity index (χ0v) is 12.3. The fourth-order valence-corrected chi connectivity index (χ4v) is 2.91. The van der Waals surface area contributed by atoms with Crippen LogP contribution in [0.3, 0.4) is 0 Å². The molecule has 0 spiro atoms. The van der Waals surface area contributed by atoms with Crippen molar-refractivity contribution in [3.8, 4) is 0 Å². The van der Waals surface area contributed by atoms with Crippen molar-refractivity contribution in [3.05, 3.63) is 0 Å². The molecular formula is C16H34. The first kappa shape index (κ1) is 16.0. The molecule has 0 aromatic carbocycles. The van der Waals surface area contributed by atoms with Gasteiger partial charge in [0, 0.05) is 0 Å². The molecule has 0 radical (unpaired) electrons. The van der Waals surface area contributed by atoms with Gasteiger partial charge >= 0.3 is 0 Å². The van der Waals surface area contributed by atoms with Gasteiger partial charge in [-0.2, -0.15) is 0 Å². The number of hydrogen-bond donors (Lipinski definition) is 0. The number of hydrogen-bond acceptors (Lipinski definition) is 0. The maximum absolute atomic E-state index is 2.41. The Kier molecular flexibility index (Phi) is 10.2. The molecule has 0 N–H and O–H groups in total. The molecule has 0 aromatic heterocycles. The molecule has 1 unspecified atom stereocenters. The molecule has 0 heteroatoms. The Bertz CT molecular complexity index is 139. The van der Waals surface area contributed by atoms with Crippen LogP contribution in [0.5, 0.6) is 0 Å². The van der Waals surface area contributed by atoms with E-state index >= 15 is 0 Å². The molecule has 0 fully saturated rings. The summed E-state index contributed by atoms with van der Waals surface area (Å²) in [6.45, 7) is 9.38. The van der Waals surface area contributed by atoms with Crippen molar-refractivity contribution in [1.29, 1.82) is 0 Å². The molecular weight excluding hydrogens is 192 g/mol. The lowest BCUT2D eigenvalue weighted by atomic mass is 9.73. The summed E-state index contributed by atoms with van der Waals surface area (Å²) < 4.78 is 0. The van der Waals surface area contributed by atoms with Crippen LogP contribution < -0.4 is 0 Å². The van der Waals surface area contributed by atoms with Gasteiger partial charge in [0.25, 0.3) is 0 Å². The third kappa shape index (κ3) is 6.55. The molecule has 0 aliphatic carbocycles. The second-order valence-electron chi connectivity index (χ2n) is 5.52. The van der Waals surface area contributed by atoms with Gasteiger partial charge < -0.3 is 0 Å². The predicted octanol–water partition coefficient (Wildman–Crippen LogP) is 6.34. The monoisotopic (exact) mass is 226 g/mol. The highest BCUT2D eigenvalue weighted by atomic mass is 14.3. The van der Waals surface area contributed by atoms with Gasteiger partial charge in [0.2, 0.25) is 0 Å². The quantitative estimate of drug-likeness (QED) is 0.360. The third-order valence-corrected chi connectivity index (χ3v) is 4.15. The van der Waals surface area contributed by atoms with E-state index in [1.165, 1.54) is 70.6 Å². The van der Waals surface area contributed by atoms with Crippen molar-refractivity contribution in [3.63, 3.8) is 0 Å². The van der Waals surface area contributed by atoms with Crippen molar-refractivity contribution in [2.75, 3.05) is 0 Å². The van der Waals surface area contributed by atoms with Crippen LogP contribution in [0.15, 0.2) is 0 Å². The maximum atomic E-state index is 2.41. The van der Waals surface area contributed by atoms with Crippen molar-refractivity contribution >= 4 is 0 Å². The summed E-state index contributed by atoms with van der Waals surface area (Å²) in [6.07, 6.45) is 15.7. The lowest BCUT2D eigenvalue weighted by Crippen LogP contribution is -2.19. The molecule has 98 valence electrons. The van der Waals surface area contributed by atoms with Crippen LogP contribution >= 0.6 is 0 Å². The number of rotatable bonds is 11. The molecule has 0 saturated carbocycles. The Labute approximate surface area is 104 Å². The molecule has 1 atom stereocenters. The van der Waals surface area contributed by atoms with E-state index in [1.807, 2.05) is 0 Å². The highest BCUT2D eigenvalue weighted by Crippen LogP contribution is 2.39. The minimum absolute atomic E-state index is 0.693. The summed E-state index contributed by atoms with van der Waals surface area (Å²) in [4.78, 5) is 0. The van der Waals surface area contributed by atoms with E-state index in [-0.39, 0.29) is 0 Å². The molecule has 16 heavy (non-hydrogen) atoms. The fraction of sp³-hybridized carbons (Fsp3) is 1.00. The number of unbranched alkanes of at least 4 members (excludes halogenated alkanes) is 4. The average molecular weight is 226 g/mol. The molecule has 0 bridgehead atoms. The van der Waals surface area contributed by atoms with Crippen molar-refractivity contribution in [2.45, 2.75) is 98.3 Å². The third-order valence-electron chi connectivity index (χ3n) is 4.15. The predicted molar refractivity (Wildman–Crippen MR) is 75.9 cm³/mol. The Hall–Kier alpha value is 0. The maximum Gasteiger partial charge on any atom is -0.0300 e. The normalized spacial score (nSPS) is 15.0. The van der Waals surface area contributed by atoms with Gasteiger partial charge in [-0.25, -0.2) is 0 Å². The summed E-state index contributed by atoms with van der Waals surface area (Å²) in [5.74, 6) is 0. The van der Waals surface area contributed by atoms with E-state index in [2.05, 4.69) is 27.7 Å². The molecule has 0 heterocycles. The van der Waals surface area contributed by atoms with E-state index in [4.69, 9.17) is 0 Å². The van der Waals surface area contributed by atoms with Crippen LogP contribution in [0.25, 0.3) is 0 Å². The summed E-state index contributed by atoms with van der Waals surface area (Å²) in [7, 11) is 0. The van der Waals surface area contributed by atoms with Gasteiger partial charge in [0.05, 0.1) is 0 Å². The second kappa shape index (κ2) is 10.2. The smallest absolute Gasteiger partial charge is 0.0300 e. The van der Waals surface area contributed by atoms with Gasteiger partial charge in [0.1, 0.15) is 0 Å². The Balaban J connectivity index is 4.04. The van der Waals surface area contributed by atoms with Gasteiger partial charge in [-0.1, -0.05) is 79.1 Å². The van der Waals surface area contributed by atoms with Gasteiger partial charge in [0.15, 0.2) is 0 Å². The van der Waals surface area contributed by atoms with Crippen LogP contribution in [0.1, 0.15) is 98.3 Å². The first-order valence-corrected chi connectivity index (χ1v) is 7.74. The topological polar surface area (TPSA) is 0 Å². The minimum Gasteiger partial charge on any atom is -0.0654 e. The Morgan fingerprint density at radius 2 is 1.19 bits per heavy atom. The van der Waals surface area contributed by atoms with E-state index in [9.17, 15) is 0 Å². The first-order chi connectivity index (χ1) is 7.74. The van der Waals surface area contributed by atoms with Crippen LogP contribution in [-0.2, 0) is 0 Å². The summed E-state index contributed by atoms with van der Waals surface area (Å²) in [5, 5.41) is 0. The van der Waals surface area contributed by atoms with Crippen LogP contribution in [0.2, 0.25) is 0 Å². The SMILES string of the molecule is CCCCCCC(CC)(CCC)CCCC. The standard InChI is InChI=1S/C16H34/c1-5-9-11-12-15-16(8-4,13-7-3)14-10-6-2/h5-15H2,1-4H3. The zero-order chi connectivity index (χ0) is 12.3. The molecule has 0 saturated heterocycles. The average Bonchev–Trinajstić information content (AvgIpc) is 2.31. The highest BCUT2D eigenvalue weighted by Gasteiger charge is 2.25. The van der Waals surface area contributed by atoms with Crippen LogP contribution in [0, 0.1) is 5.41 Å². The molecule has 0 aromatic rings. The van der Waals surface area contributed by atoms with E-state index in [0.29, 0.717) is 5.41 Å². The van der Waals surface area contributed by atoms with E-state index in [1.54, 1.807) is 0 Å². The summed E-state index contributed by atoms with van der Waals surface area (Å²) in [5.41, 5.74) is 0.693. The summed E-state index contributed by atoms with van der Waals surface area (Å²) >= 11 is 0.